The molecule has 0 aliphatic carbocycles. The number of aryl methyl sites for hydroxylation is 1. The highest BCUT2D eigenvalue weighted by Crippen LogP contribution is 2.33. The Labute approximate surface area is 134 Å². The van der Waals surface area contributed by atoms with Crippen molar-refractivity contribution >= 4 is 17.5 Å². The zero-order valence-corrected chi connectivity index (χ0v) is 13.3. The standard InChI is InChI=1S/C17H20F2N2O2/c1-10(2)21-9-12(7-15(21)22)17(23)20-5-3-4-11-6-13(18)8-14(19)16(11)20/h6,8,10,12H,3-5,7,9H2,1-2H3/t12-/m1/s1. The van der Waals surface area contributed by atoms with Gasteiger partial charge in [-0.25, -0.2) is 8.78 Å². The number of benzene rings is 1. The van der Waals surface area contributed by atoms with Gasteiger partial charge in [-0.15, -0.1) is 0 Å². The minimum atomic E-state index is -0.710. The van der Waals surface area contributed by atoms with Gasteiger partial charge in [0.2, 0.25) is 11.8 Å². The van der Waals surface area contributed by atoms with Crippen molar-refractivity contribution in [2.45, 2.75) is 39.2 Å². The molecule has 1 fully saturated rings. The lowest BCUT2D eigenvalue weighted by Crippen LogP contribution is -2.41. The summed E-state index contributed by atoms with van der Waals surface area (Å²) in [6.07, 6.45) is 1.37. The van der Waals surface area contributed by atoms with Crippen LogP contribution in [0.1, 0.15) is 32.3 Å². The van der Waals surface area contributed by atoms with E-state index in [-0.39, 0.29) is 30.0 Å². The van der Waals surface area contributed by atoms with Crippen LogP contribution in [0.2, 0.25) is 0 Å². The molecule has 0 N–H and O–H groups in total. The zero-order chi connectivity index (χ0) is 16.7. The molecule has 124 valence electrons. The largest absolute Gasteiger partial charge is 0.339 e. The number of fused-ring (bicyclic) bond motifs is 1. The molecule has 2 amide bonds. The topological polar surface area (TPSA) is 40.6 Å². The van der Waals surface area contributed by atoms with Gasteiger partial charge in [-0.1, -0.05) is 0 Å². The van der Waals surface area contributed by atoms with E-state index in [1.165, 1.54) is 11.0 Å². The van der Waals surface area contributed by atoms with Crippen LogP contribution in [0.5, 0.6) is 0 Å². The Hall–Kier alpha value is -1.98. The molecule has 4 nitrogen and oxygen atoms in total. The molecular weight excluding hydrogens is 302 g/mol. The number of carbonyl (C=O) groups excluding carboxylic acids is 2. The number of hydrogen-bond acceptors (Lipinski definition) is 2. The van der Waals surface area contributed by atoms with Gasteiger partial charge in [0.25, 0.3) is 0 Å². The predicted octanol–water partition coefficient (Wildman–Crippen LogP) is 2.50. The predicted molar refractivity (Wildman–Crippen MR) is 82.0 cm³/mol. The quantitative estimate of drug-likeness (QED) is 0.839. The fraction of sp³-hybridized carbons (Fsp3) is 0.529. The Morgan fingerprint density at radius 3 is 2.70 bits per heavy atom. The lowest BCUT2D eigenvalue weighted by atomic mass is 9.98. The average molecular weight is 322 g/mol. The van der Waals surface area contributed by atoms with Gasteiger partial charge in [-0.2, -0.15) is 0 Å². The molecule has 1 saturated heterocycles. The van der Waals surface area contributed by atoms with Crippen molar-refractivity contribution in [3.8, 4) is 0 Å². The Bertz CT molecular complexity index is 660. The Balaban J connectivity index is 1.87. The van der Waals surface area contributed by atoms with Gasteiger partial charge in [-0.3, -0.25) is 9.59 Å². The molecule has 0 aromatic heterocycles. The van der Waals surface area contributed by atoms with E-state index < -0.39 is 17.6 Å². The van der Waals surface area contributed by atoms with Crippen molar-refractivity contribution in [2.75, 3.05) is 18.0 Å². The summed E-state index contributed by atoms with van der Waals surface area (Å²) in [5.74, 6) is -2.08. The van der Waals surface area contributed by atoms with Crippen LogP contribution >= 0.6 is 0 Å². The SMILES string of the molecule is CC(C)N1C[C@H](C(=O)N2CCCc3cc(F)cc(F)c32)CC1=O. The summed E-state index contributed by atoms with van der Waals surface area (Å²) in [6, 6.07) is 2.14. The number of amides is 2. The van der Waals surface area contributed by atoms with Crippen LogP contribution in [-0.2, 0) is 16.0 Å². The molecule has 1 aromatic rings. The second kappa shape index (κ2) is 5.91. The summed E-state index contributed by atoms with van der Waals surface area (Å²) in [5, 5.41) is 0. The van der Waals surface area contributed by atoms with E-state index in [0.29, 0.717) is 31.5 Å². The fourth-order valence-corrected chi connectivity index (χ4v) is 3.49. The third-order valence-electron chi connectivity index (χ3n) is 4.60. The van der Waals surface area contributed by atoms with E-state index in [4.69, 9.17) is 0 Å². The van der Waals surface area contributed by atoms with E-state index in [1.54, 1.807) is 4.90 Å². The molecule has 0 bridgehead atoms. The lowest BCUT2D eigenvalue weighted by molar-refractivity contribution is -0.129. The average Bonchev–Trinajstić information content (AvgIpc) is 2.87. The minimum absolute atomic E-state index is 0.0415. The van der Waals surface area contributed by atoms with E-state index in [1.807, 2.05) is 13.8 Å². The third kappa shape index (κ3) is 2.82. The summed E-state index contributed by atoms with van der Waals surface area (Å²) in [5.41, 5.74) is 0.699. The van der Waals surface area contributed by atoms with Crippen molar-refractivity contribution in [3.63, 3.8) is 0 Å². The van der Waals surface area contributed by atoms with Crippen LogP contribution in [0.15, 0.2) is 12.1 Å². The molecule has 23 heavy (non-hydrogen) atoms. The monoisotopic (exact) mass is 322 g/mol. The molecule has 2 heterocycles. The molecule has 0 saturated carbocycles. The maximum atomic E-state index is 14.2. The van der Waals surface area contributed by atoms with Crippen LogP contribution in [0.25, 0.3) is 0 Å². The number of anilines is 1. The normalized spacial score (nSPS) is 21.1. The molecule has 1 aromatic carbocycles. The summed E-state index contributed by atoms with van der Waals surface area (Å²) in [4.78, 5) is 27.9. The lowest BCUT2D eigenvalue weighted by Gasteiger charge is -2.32. The van der Waals surface area contributed by atoms with Crippen molar-refractivity contribution in [1.82, 2.24) is 4.90 Å². The number of likely N-dealkylation sites (tertiary alicyclic amines) is 1. The number of carbonyl (C=O) groups is 2. The second-order valence-corrected chi connectivity index (χ2v) is 6.53. The first kappa shape index (κ1) is 15.9. The summed E-state index contributed by atoms with van der Waals surface area (Å²) in [6.45, 7) is 4.58. The summed E-state index contributed by atoms with van der Waals surface area (Å²) >= 11 is 0. The van der Waals surface area contributed by atoms with Gasteiger partial charge in [-0.05, 0) is 38.3 Å². The van der Waals surface area contributed by atoms with Crippen LogP contribution in [0.3, 0.4) is 0 Å². The molecule has 0 spiro atoms. The van der Waals surface area contributed by atoms with E-state index in [0.717, 1.165) is 6.07 Å². The number of hydrogen-bond donors (Lipinski definition) is 0. The first-order valence-corrected chi connectivity index (χ1v) is 7.97. The van der Waals surface area contributed by atoms with Crippen LogP contribution in [-0.4, -0.2) is 35.8 Å². The van der Waals surface area contributed by atoms with E-state index in [2.05, 4.69) is 0 Å². The minimum Gasteiger partial charge on any atom is -0.339 e. The molecule has 3 rings (SSSR count). The van der Waals surface area contributed by atoms with Gasteiger partial charge in [0.05, 0.1) is 11.6 Å². The van der Waals surface area contributed by atoms with Gasteiger partial charge in [0.15, 0.2) is 0 Å². The molecule has 1 atom stereocenters. The third-order valence-corrected chi connectivity index (χ3v) is 4.60. The summed E-state index contributed by atoms with van der Waals surface area (Å²) < 4.78 is 27.6. The number of rotatable bonds is 2. The van der Waals surface area contributed by atoms with E-state index in [9.17, 15) is 18.4 Å². The first-order valence-electron chi connectivity index (χ1n) is 7.97. The first-order chi connectivity index (χ1) is 10.9. The van der Waals surface area contributed by atoms with Crippen molar-refractivity contribution in [3.05, 3.63) is 29.3 Å². The molecule has 0 radical (unpaired) electrons. The van der Waals surface area contributed by atoms with Crippen LogP contribution in [0.4, 0.5) is 14.5 Å². The Kier molecular flexibility index (Phi) is 4.08. The maximum absolute atomic E-state index is 14.2. The van der Waals surface area contributed by atoms with Crippen molar-refractivity contribution < 1.29 is 18.4 Å². The highest BCUT2D eigenvalue weighted by atomic mass is 19.1. The summed E-state index contributed by atoms with van der Waals surface area (Å²) in [7, 11) is 0. The second-order valence-electron chi connectivity index (χ2n) is 6.53. The van der Waals surface area contributed by atoms with Crippen molar-refractivity contribution in [1.29, 1.82) is 0 Å². The zero-order valence-electron chi connectivity index (χ0n) is 13.3. The molecule has 6 heteroatoms. The highest BCUT2D eigenvalue weighted by Gasteiger charge is 2.39. The van der Waals surface area contributed by atoms with E-state index >= 15 is 0 Å². The van der Waals surface area contributed by atoms with Crippen LogP contribution < -0.4 is 4.90 Å². The Morgan fingerprint density at radius 2 is 2.04 bits per heavy atom. The van der Waals surface area contributed by atoms with Gasteiger partial charge < -0.3 is 9.80 Å². The maximum Gasteiger partial charge on any atom is 0.232 e. The molecule has 2 aliphatic heterocycles. The molecule has 2 aliphatic rings. The van der Waals surface area contributed by atoms with Crippen molar-refractivity contribution in [2.24, 2.45) is 5.92 Å². The molecule has 0 unspecified atom stereocenters. The van der Waals surface area contributed by atoms with Gasteiger partial charge in [0.1, 0.15) is 11.6 Å². The van der Waals surface area contributed by atoms with Gasteiger partial charge in [0, 0.05) is 31.6 Å². The Morgan fingerprint density at radius 1 is 1.30 bits per heavy atom. The number of halogens is 2. The van der Waals surface area contributed by atoms with Crippen LogP contribution in [0, 0.1) is 17.6 Å². The fourth-order valence-electron chi connectivity index (χ4n) is 3.49. The van der Waals surface area contributed by atoms with Gasteiger partial charge >= 0.3 is 0 Å². The smallest absolute Gasteiger partial charge is 0.232 e. The molecular formula is C17H20F2N2O2. The highest BCUT2D eigenvalue weighted by molar-refractivity contribution is 6.00. The number of nitrogens with zero attached hydrogens (tertiary/aromatic N) is 2.